The first-order valence-electron chi connectivity index (χ1n) is 8.92. The normalized spacial score (nSPS) is 21.0. The minimum Gasteiger partial charge on any atom is -0.481 e. The molecule has 7 heteroatoms. The second-order valence-corrected chi connectivity index (χ2v) is 6.77. The number of carboxylic acids is 1. The van der Waals surface area contributed by atoms with Crippen molar-refractivity contribution in [3.05, 3.63) is 48.3 Å². The predicted molar refractivity (Wildman–Crippen MR) is 97.0 cm³/mol. The van der Waals surface area contributed by atoms with Crippen LogP contribution in [0.5, 0.6) is 0 Å². The molecule has 1 aromatic carbocycles. The van der Waals surface area contributed by atoms with Gasteiger partial charge in [-0.2, -0.15) is 5.10 Å². The van der Waals surface area contributed by atoms with Crippen molar-refractivity contribution in [2.75, 3.05) is 0 Å². The maximum absolute atomic E-state index is 12.2. The van der Waals surface area contributed by atoms with Gasteiger partial charge in [-0.15, -0.1) is 0 Å². The van der Waals surface area contributed by atoms with Gasteiger partial charge in [0.2, 0.25) is 0 Å². The highest BCUT2D eigenvalue weighted by Crippen LogP contribution is 2.24. The van der Waals surface area contributed by atoms with Gasteiger partial charge in [-0.3, -0.25) is 4.79 Å². The molecule has 0 radical (unpaired) electrons. The van der Waals surface area contributed by atoms with Crippen LogP contribution in [0.2, 0.25) is 0 Å². The standard InChI is InChI=1S/C19H24N4O3/c1-13(14-5-9-17(10-6-14)23-12-2-11-20-23)21-19(26)22-16-7-3-15(4-8-16)18(24)25/h2,5-6,9-13,15-16H,3-4,7-8H2,1H3,(H,24,25)(H2,21,22,26). The molecule has 0 spiro atoms. The number of urea groups is 1. The molecule has 1 aromatic heterocycles. The van der Waals surface area contributed by atoms with Crippen LogP contribution in [0.4, 0.5) is 4.79 Å². The Labute approximate surface area is 152 Å². The predicted octanol–water partition coefficient (Wildman–Crippen LogP) is 2.88. The third kappa shape index (κ3) is 4.41. The third-order valence-corrected chi connectivity index (χ3v) is 4.92. The molecule has 3 rings (SSSR count). The van der Waals surface area contributed by atoms with Gasteiger partial charge < -0.3 is 15.7 Å². The molecule has 1 aliphatic carbocycles. The number of aliphatic carboxylic acids is 1. The Kier molecular flexibility index (Phi) is 5.55. The van der Waals surface area contributed by atoms with Crippen LogP contribution >= 0.6 is 0 Å². The van der Waals surface area contributed by atoms with Crippen molar-refractivity contribution in [1.82, 2.24) is 20.4 Å². The summed E-state index contributed by atoms with van der Waals surface area (Å²) < 4.78 is 1.78. The number of hydrogen-bond acceptors (Lipinski definition) is 3. The van der Waals surface area contributed by atoms with Crippen LogP contribution in [0.1, 0.15) is 44.2 Å². The van der Waals surface area contributed by atoms with Crippen LogP contribution in [0.3, 0.4) is 0 Å². The van der Waals surface area contributed by atoms with E-state index in [4.69, 9.17) is 5.11 Å². The number of carboxylic acid groups (broad SMARTS) is 1. The highest BCUT2D eigenvalue weighted by molar-refractivity contribution is 5.75. The zero-order valence-corrected chi connectivity index (χ0v) is 14.8. The van der Waals surface area contributed by atoms with E-state index in [-0.39, 0.29) is 24.0 Å². The number of nitrogens with one attached hydrogen (secondary N) is 2. The van der Waals surface area contributed by atoms with E-state index >= 15 is 0 Å². The molecule has 1 unspecified atom stereocenters. The molecule has 138 valence electrons. The van der Waals surface area contributed by atoms with E-state index in [0.29, 0.717) is 25.7 Å². The summed E-state index contributed by atoms with van der Waals surface area (Å²) >= 11 is 0. The fourth-order valence-electron chi connectivity index (χ4n) is 3.33. The molecule has 1 heterocycles. The van der Waals surface area contributed by atoms with Crippen molar-refractivity contribution in [2.45, 2.75) is 44.7 Å². The van der Waals surface area contributed by atoms with Crippen molar-refractivity contribution in [3.8, 4) is 5.69 Å². The number of hydrogen-bond donors (Lipinski definition) is 3. The molecule has 1 fully saturated rings. The first kappa shape index (κ1) is 18.0. The minimum atomic E-state index is -0.736. The molecule has 1 atom stereocenters. The fourth-order valence-corrected chi connectivity index (χ4v) is 3.33. The Morgan fingerprint density at radius 3 is 2.46 bits per heavy atom. The number of nitrogens with zero attached hydrogens (tertiary/aromatic N) is 2. The number of rotatable bonds is 5. The topological polar surface area (TPSA) is 96.3 Å². The van der Waals surface area contributed by atoms with Crippen LogP contribution in [0.25, 0.3) is 5.69 Å². The van der Waals surface area contributed by atoms with Gasteiger partial charge in [0.05, 0.1) is 17.6 Å². The van der Waals surface area contributed by atoms with Crippen molar-refractivity contribution >= 4 is 12.0 Å². The van der Waals surface area contributed by atoms with Gasteiger partial charge in [0.15, 0.2) is 0 Å². The summed E-state index contributed by atoms with van der Waals surface area (Å²) in [4.78, 5) is 23.2. The lowest BCUT2D eigenvalue weighted by Crippen LogP contribution is -2.44. The molecule has 0 aliphatic heterocycles. The van der Waals surface area contributed by atoms with E-state index < -0.39 is 5.97 Å². The van der Waals surface area contributed by atoms with Gasteiger partial charge in [-0.1, -0.05) is 12.1 Å². The molecule has 7 nitrogen and oxygen atoms in total. The molecule has 0 bridgehead atoms. The fraction of sp³-hybridized carbons (Fsp3) is 0.421. The SMILES string of the molecule is CC(NC(=O)NC1CCC(C(=O)O)CC1)c1ccc(-n2cccn2)cc1. The molecule has 0 saturated heterocycles. The Morgan fingerprint density at radius 2 is 1.88 bits per heavy atom. The summed E-state index contributed by atoms with van der Waals surface area (Å²) in [7, 11) is 0. The van der Waals surface area contributed by atoms with E-state index in [1.807, 2.05) is 43.5 Å². The molecular formula is C19H24N4O3. The lowest BCUT2D eigenvalue weighted by Gasteiger charge is -2.27. The van der Waals surface area contributed by atoms with Crippen molar-refractivity contribution < 1.29 is 14.7 Å². The molecule has 26 heavy (non-hydrogen) atoms. The second-order valence-electron chi connectivity index (χ2n) is 6.77. The highest BCUT2D eigenvalue weighted by Gasteiger charge is 2.26. The zero-order valence-electron chi connectivity index (χ0n) is 14.8. The summed E-state index contributed by atoms with van der Waals surface area (Å²) in [6, 6.07) is 9.44. The van der Waals surface area contributed by atoms with Crippen LogP contribution in [-0.2, 0) is 4.79 Å². The lowest BCUT2D eigenvalue weighted by molar-refractivity contribution is -0.142. The van der Waals surface area contributed by atoms with Gasteiger partial charge >= 0.3 is 12.0 Å². The molecule has 1 aliphatic rings. The van der Waals surface area contributed by atoms with Crippen molar-refractivity contribution in [3.63, 3.8) is 0 Å². The van der Waals surface area contributed by atoms with Crippen molar-refractivity contribution in [2.24, 2.45) is 5.92 Å². The lowest BCUT2D eigenvalue weighted by atomic mass is 9.86. The Balaban J connectivity index is 1.49. The minimum absolute atomic E-state index is 0.0417. The van der Waals surface area contributed by atoms with Gasteiger partial charge in [0.1, 0.15) is 0 Å². The number of carbonyl (C=O) groups is 2. The average molecular weight is 356 g/mol. The molecule has 2 amide bonds. The van der Waals surface area contributed by atoms with Crippen LogP contribution in [0.15, 0.2) is 42.7 Å². The maximum atomic E-state index is 12.2. The van der Waals surface area contributed by atoms with Crippen LogP contribution < -0.4 is 10.6 Å². The summed E-state index contributed by atoms with van der Waals surface area (Å²) in [6.07, 6.45) is 6.25. The van der Waals surface area contributed by atoms with Gasteiger partial charge in [0, 0.05) is 18.4 Å². The van der Waals surface area contributed by atoms with Crippen LogP contribution in [0, 0.1) is 5.92 Å². The van der Waals surface area contributed by atoms with Crippen molar-refractivity contribution in [1.29, 1.82) is 0 Å². The average Bonchev–Trinajstić information content (AvgIpc) is 3.17. The summed E-state index contributed by atoms with van der Waals surface area (Å²) in [5.41, 5.74) is 1.97. The molecule has 1 saturated carbocycles. The van der Waals surface area contributed by atoms with E-state index in [1.54, 1.807) is 10.9 Å². The van der Waals surface area contributed by atoms with Crippen LogP contribution in [-0.4, -0.2) is 32.9 Å². The highest BCUT2D eigenvalue weighted by atomic mass is 16.4. The summed E-state index contributed by atoms with van der Waals surface area (Å²) in [5, 5.41) is 19.1. The first-order valence-corrected chi connectivity index (χ1v) is 8.92. The summed E-state index contributed by atoms with van der Waals surface area (Å²) in [6.45, 7) is 1.93. The Bertz CT molecular complexity index is 735. The van der Waals surface area contributed by atoms with Gasteiger partial charge in [-0.05, 0) is 56.4 Å². The monoisotopic (exact) mass is 356 g/mol. The second kappa shape index (κ2) is 8.03. The van der Waals surface area contributed by atoms with Gasteiger partial charge in [0.25, 0.3) is 0 Å². The van der Waals surface area contributed by atoms with E-state index in [0.717, 1.165) is 11.3 Å². The zero-order chi connectivity index (χ0) is 18.5. The summed E-state index contributed by atoms with van der Waals surface area (Å²) in [5.74, 6) is -1.01. The van der Waals surface area contributed by atoms with Gasteiger partial charge in [-0.25, -0.2) is 9.48 Å². The number of aromatic nitrogens is 2. The number of benzene rings is 1. The third-order valence-electron chi connectivity index (χ3n) is 4.92. The molecule has 2 aromatic rings. The number of amides is 2. The largest absolute Gasteiger partial charge is 0.481 e. The Morgan fingerprint density at radius 1 is 1.19 bits per heavy atom. The van der Waals surface area contributed by atoms with E-state index in [1.165, 1.54) is 0 Å². The molecule has 3 N–H and O–H groups in total. The smallest absolute Gasteiger partial charge is 0.315 e. The molecular weight excluding hydrogens is 332 g/mol. The first-order chi connectivity index (χ1) is 12.5. The maximum Gasteiger partial charge on any atom is 0.315 e. The van der Waals surface area contributed by atoms with E-state index in [9.17, 15) is 9.59 Å². The number of carbonyl (C=O) groups excluding carboxylic acids is 1. The quantitative estimate of drug-likeness (QED) is 0.767. The van der Waals surface area contributed by atoms with E-state index in [2.05, 4.69) is 15.7 Å². The Hall–Kier alpha value is -2.83.